The number of rotatable bonds is 18. The van der Waals surface area contributed by atoms with Gasteiger partial charge in [-0.05, 0) is 34.9 Å². The number of hydrogen-bond acceptors (Lipinski definition) is 2. The molecule has 0 atom stereocenters. The van der Waals surface area contributed by atoms with E-state index in [-0.39, 0.29) is 5.41 Å². The molecule has 0 bridgehead atoms. The van der Waals surface area contributed by atoms with Crippen LogP contribution in [0.3, 0.4) is 0 Å². The molecule has 3 rings (SSSR count). The highest BCUT2D eigenvalue weighted by Gasteiger charge is 2.19. The molecule has 2 aromatic carbocycles. The number of nitrogens with zero attached hydrogens (tertiary/aromatic N) is 1. The first kappa shape index (κ1) is 32.0. The first-order chi connectivity index (χ1) is 19.4. The van der Waals surface area contributed by atoms with Gasteiger partial charge in [0, 0.05) is 18.1 Å². The fourth-order valence-electron chi connectivity index (χ4n) is 5.74. The normalized spacial score (nSPS) is 11.8. The second-order valence-corrected chi connectivity index (χ2v) is 12.6. The predicted octanol–water partition coefficient (Wildman–Crippen LogP) is 10.1. The Morgan fingerprint density at radius 3 is 1.70 bits per heavy atom. The van der Waals surface area contributed by atoms with Crippen molar-refractivity contribution in [2.75, 3.05) is 14.2 Å². The average Bonchev–Trinajstić information content (AvgIpc) is 2.95. The third-order valence-corrected chi connectivity index (χ3v) is 8.34. The van der Waals surface area contributed by atoms with Gasteiger partial charge in [-0.25, -0.2) is 0 Å². The van der Waals surface area contributed by atoms with Crippen LogP contribution in [-0.2, 0) is 18.4 Å². The molecule has 3 heteroatoms. The van der Waals surface area contributed by atoms with E-state index in [1.165, 1.54) is 111 Å². The van der Waals surface area contributed by atoms with Crippen molar-refractivity contribution in [3.05, 3.63) is 65.5 Å². The molecule has 1 aromatic heterocycles. The molecule has 0 saturated carbocycles. The lowest BCUT2D eigenvalue weighted by molar-refractivity contribution is -0.694. The molecule has 40 heavy (non-hydrogen) atoms. The zero-order valence-corrected chi connectivity index (χ0v) is 26.5. The third kappa shape index (κ3) is 9.82. The molecule has 0 spiro atoms. The molecule has 0 amide bonds. The van der Waals surface area contributed by atoms with Gasteiger partial charge in [0.25, 0.3) is 0 Å². The summed E-state index contributed by atoms with van der Waals surface area (Å²) in [4.78, 5) is 0. The third-order valence-electron chi connectivity index (χ3n) is 8.34. The van der Waals surface area contributed by atoms with E-state index in [4.69, 9.17) is 9.47 Å². The van der Waals surface area contributed by atoms with Gasteiger partial charge in [0.1, 0.15) is 0 Å². The van der Waals surface area contributed by atoms with Gasteiger partial charge >= 0.3 is 0 Å². The summed E-state index contributed by atoms with van der Waals surface area (Å²) in [6.07, 6.45) is 21.2. The van der Waals surface area contributed by atoms with Crippen LogP contribution in [-0.4, -0.2) is 14.2 Å². The Kier molecular flexibility index (Phi) is 13.3. The van der Waals surface area contributed by atoms with Gasteiger partial charge in [0.05, 0.1) is 19.6 Å². The Bertz CT molecular complexity index is 1140. The molecule has 0 aliphatic heterocycles. The van der Waals surface area contributed by atoms with Crippen LogP contribution < -0.4 is 14.0 Å². The van der Waals surface area contributed by atoms with Crippen molar-refractivity contribution < 1.29 is 14.0 Å². The Morgan fingerprint density at radius 2 is 1.18 bits per heavy atom. The van der Waals surface area contributed by atoms with E-state index >= 15 is 0 Å². The number of unbranched alkanes of at least 4 members (excludes halogenated alkanes) is 12. The van der Waals surface area contributed by atoms with Gasteiger partial charge in [-0.3, -0.25) is 0 Å². The molecule has 0 aliphatic rings. The average molecular weight is 547 g/mol. The summed E-state index contributed by atoms with van der Waals surface area (Å²) in [5, 5.41) is 2.48. The number of hydrogen-bond donors (Lipinski definition) is 0. The molecule has 0 fully saturated rings. The monoisotopic (exact) mass is 546 g/mol. The maximum absolute atomic E-state index is 5.69. The second kappa shape index (κ2) is 16.7. The number of fused-ring (bicyclic) bond motifs is 1. The van der Waals surface area contributed by atoms with Crippen LogP contribution in [0.1, 0.15) is 128 Å². The summed E-state index contributed by atoms with van der Waals surface area (Å²) in [6.45, 7) is 9.99. The molecule has 3 nitrogen and oxygen atoms in total. The molecule has 3 aromatic rings. The van der Waals surface area contributed by atoms with Crippen LogP contribution in [0.5, 0.6) is 11.5 Å². The zero-order valence-electron chi connectivity index (χ0n) is 26.5. The van der Waals surface area contributed by atoms with Gasteiger partial charge in [-0.1, -0.05) is 129 Å². The summed E-state index contributed by atoms with van der Waals surface area (Å²) < 4.78 is 13.7. The Hall–Kier alpha value is -2.55. The van der Waals surface area contributed by atoms with Crippen LogP contribution in [0.4, 0.5) is 0 Å². The lowest BCUT2D eigenvalue weighted by Crippen LogP contribution is -2.39. The van der Waals surface area contributed by atoms with Crippen molar-refractivity contribution >= 4 is 10.8 Å². The van der Waals surface area contributed by atoms with Crippen molar-refractivity contribution in [1.82, 2.24) is 0 Å². The molecule has 0 N–H and O–H groups in total. The van der Waals surface area contributed by atoms with Crippen molar-refractivity contribution in [3.63, 3.8) is 0 Å². The topological polar surface area (TPSA) is 22.3 Å². The SMILES string of the molecule is CCCCCCCCCCCCCCCc1c2cc(OC)c(OC)cc2cc[n+]1Cc1ccc(C(C)(C)C)cc1. The van der Waals surface area contributed by atoms with E-state index in [1.54, 1.807) is 14.2 Å². The summed E-state index contributed by atoms with van der Waals surface area (Å²) in [5.74, 6) is 1.59. The highest BCUT2D eigenvalue weighted by atomic mass is 16.5. The van der Waals surface area contributed by atoms with Crippen molar-refractivity contribution in [2.45, 2.75) is 130 Å². The highest BCUT2D eigenvalue weighted by molar-refractivity contribution is 5.87. The summed E-state index contributed by atoms with van der Waals surface area (Å²) in [5.41, 5.74) is 4.28. The van der Waals surface area contributed by atoms with Crippen LogP contribution in [0, 0.1) is 0 Å². The van der Waals surface area contributed by atoms with Gasteiger partial charge in [-0.2, -0.15) is 4.57 Å². The first-order valence-electron chi connectivity index (χ1n) is 16.0. The van der Waals surface area contributed by atoms with E-state index in [2.05, 4.69) is 80.9 Å². The van der Waals surface area contributed by atoms with E-state index in [0.717, 1.165) is 24.5 Å². The lowest BCUT2D eigenvalue weighted by Gasteiger charge is -2.19. The molecule has 0 aliphatic carbocycles. The highest BCUT2D eigenvalue weighted by Crippen LogP contribution is 2.33. The van der Waals surface area contributed by atoms with Crippen LogP contribution in [0.25, 0.3) is 10.8 Å². The maximum atomic E-state index is 5.69. The molecular weight excluding hydrogens is 490 g/mol. The smallest absolute Gasteiger partial charge is 0.189 e. The van der Waals surface area contributed by atoms with Gasteiger partial charge < -0.3 is 9.47 Å². The minimum atomic E-state index is 0.170. The van der Waals surface area contributed by atoms with Crippen LogP contribution in [0.2, 0.25) is 0 Å². The summed E-state index contributed by atoms with van der Waals surface area (Å²) in [6, 6.07) is 15.7. The predicted molar refractivity (Wildman–Crippen MR) is 171 cm³/mol. The van der Waals surface area contributed by atoms with Gasteiger partial charge in [0.15, 0.2) is 29.9 Å². The van der Waals surface area contributed by atoms with E-state index in [9.17, 15) is 0 Å². The Balaban J connectivity index is 1.61. The minimum Gasteiger partial charge on any atom is -0.493 e. The number of pyridine rings is 1. The molecule has 0 radical (unpaired) electrons. The fraction of sp³-hybridized carbons (Fsp3) is 0.595. The largest absolute Gasteiger partial charge is 0.493 e. The van der Waals surface area contributed by atoms with E-state index < -0.39 is 0 Å². The van der Waals surface area contributed by atoms with Crippen LogP contribution in [0.15, 0.2) is 48.7 Å². The summed E-state index contributed by atoms with van der Waals surface area (Å²) in [7, 11) is 3.44. The first-order valence-corrected chi connectivity index (χ1v) is 16.0. The number of benzene rings is 2. The van der Waals surface area contributed by atoms with E-state index in [1.807, 2.05) is 0 Å². The molecule has 1 heterocycles. The molecular formula is C37H56NO2+. The Morgan fingerprint density at radius 1 is 0.650 bits per heavy atom. The fourth-order valence-corrected chi connectivity index (χ4v) is 5.74. The van der Waals surface area contributed by atoms with Crippen molar-refractivity contribution in [1.29, 1.82) is 0 Å². The zero-order chi connectivity index (χ0) is 28.8. The summed E-state index contributed by atoms with van der Waals surface area (Å²) >= 11 is 0. The van der Waals surface area contributed by atoms with Gasteiger partial charge in [-0.15, -0.1) is 0 Å². The number of aromatic nitrogens is 1. The van der Waals surface area contributed by atoms with Crippen molar-refractivity contribution in [3.8, 4) is 11.5 Å². The number of methoxy groups -OCH3 is 2. The standard InChI is InChI=1S/C37H56NO2/c1-7-8-9-10-11-12-13-14-15-16-17-18-19-20-34-33-28-36(40-6)35(39-5)27-31(33)25-26-38(34)29-30-21-23-32(24-22-30)37(2,3)4/h21-28H,7-20,29H2,1-6H3/q+1. The molecule has 0 unspecified atom stereocenters. The van der Waals surface area contributed by atoms with Crippen LogP contribution >= 0.6 is 0 Å². The van der Waals surface area contributed by atoms with Gasteiger partial charge in [0.2, 0.25) is 0 Å². The Labute approximate surface area is 245 Å². The van der Waals surface area contributed by atoms with E-state index in [0.29, 0.717) is 0 Å². The molecule has 0 saturated heterocycles. The quantitative estimate of drug-likeness (QED) is 0.117. The van der Waals surface area contributed by atoms with Crippen molar-refractivity contribution in [2.24, 2.45) is 0 Å². The maximum Gasteiger partial charge on any atom is 0.189 e. The minimum absolute atomic E-state index is 0.170. The second-order valence-electron chi connectivity index (χ2n) is 12.6. The molecule has 220 valence electrons. The lowest BCUT2D eigenvalue weighted by atomic mass is 9.87. The number of ether oxygens (including phenoxy) is 2. The number of aryl methyl sites for hydroxylation is 1.